The Morgan fingerprint density at radius 1 is 1.11 bits per heavy atom. The zero-order valence-electron chi connectivity index (χ0n) is 11.0. The Kier molecular flexibility index (Phi) is 3.84. The summed E-state index contributed by atoms with van der Waals surface area (Å²) in [7, 11) is 0. The van der Waals surface area contributed by atoms with Crippen LogP contribution in [0.2, 0.25) is 0 Å². The van der Waals surface area contributed by atoms with Crippen LogP contribution < -0.4 is 10.1 Å². The van der Waals surface area contributed by atoms with Crippen molar-refractivity contribution in [2.45, 2.75) is 57.1 Å². The molecule has 2 fully saturated rings. The lowest BCUT2D eigenvalue weighted by atomic mass is 9.98. The lowest BCUT2D eigenvalue weighted by Crippen LogP contribution is -2.29. The Balaban J connectivity index is 1.58. The highest BCUT2D eigenvalue weighted by atomic mass is 16.5. The van der Waals surface area contributed by atoms with Crippen molar-refractivity contribution in [3.05, 3.63) is 12.4 Å². The molecule has 0 radical (unpaired) electrons. The van der Waals surface area contributed by atoms with Crippen molar-refractivity contribution in [1.29, 1.82) is 0 Å². The molecule has 3 rings (SSSR count). The van der Waals surface area contributed by atoms with Crippen LogP contribution in [0.15, 0.2) is 12.4 Å². The predicted molar refractivity (Wildman–Crippen MR) is 70.9 cm³/mol. The summed E-state index contributed by atoms with van der Waals surface area (Å²) in [5.74, 6) is 0.959. The fourth-order valence-corrected chi connectivity index (χ4v) is 3.03. The van der Waals surface area contributed by atoms with Crippen LogP contribution in [0.4, 0.5) is 0 Å². The number of hydrogen-bond acceptors (Lipinski definition) is 3. The first-order valence-electron chi connectivity index (χ1n) is 7.33. The minimum atomic E-state index is 0.421. The van der Waals surface area contributed by atoms with Crippen molar-refractivity contribution in [3.63, 3.8) is 0 Å². The van der Waals surface area contributed by atoms with Crippen LogP contribution >= 0.6 is 0 Å². The number of nitrogens with one attached hydrogen (secondary N) is 1. The van der Waals surface area contributed by atoms with Gasteiger partial charge in [0.25, 0.3) is 0 Å². The molecule has 2 aliphatic rings. The fourth-order valence-electron chi connectivity index (χ4n) is 3.03. The third-order valence-electron chi connectivity index (χ3n) is 4.12. The average Bonchev–Trinajstić information content (AvgIpc) is 2.89. The summed E-state index contributed by atoms with van der Waals surface area (Å²) < 4.78 is 8.12. The van der Waals surface area contributed by atoms with Crippen LogP contribution in [0.1, 0.15) is 51.0 Å². The van der Waals surface area contributed by atoms with Crippen molar-refractivity contribution in [2.24, 2.45) is 0 Å². The molecule has 2 heterocycles. The molecule has 4 heteroatoms. The first kappa shape index (κ1) is 12.0. The normalized spacial score (nSPS) is 23.1. The number of hydrogen-bond donors (Lipinski definition) is 1. The minimum absolute atomic E-state index is 0.421. The van der Waals surface area contributed by atoms with Gasteiger partial charge in [-0.15, -0.1) is 0 Å². The largest absolute Gasteiger partial charge is 0.487 e. The third kappa shape index (κ3) is 2.86. The predicted octanol–water partition coefficient (Wildman–Crippen LogP) is 2.52. The van der Waals surface area contributed by atoms with Gasteiger partial charge in [-0.05, 0) is 51.6 Å². The summed E-state index contributed by atoms with van der Waals surface area (Å²) in [6, 6.07) is 0.551. The molecule has 1 aliphatic heterocycles. The smallest absolute Gasteiger partial charge is 0.157 e. The molecule has 1 aromatic rings. The van der Waals surface area contributed by atoms with Gasteiger partial charge < -0.3 is 10.1 Å². The number of aromatic nitrogens is 2. The second-order valence-corrected chi connectivity index (χ2v) is 5.52. The van der Waals surface area contributed by atoms with E-state index in [0.29, 0.717) is 12.1 Å². The van der Waals surface area contributed by atoms with Gasteiger partial charge in [0, 0.05) is 0 Å². The summed E-state index contributed by atoms with van der Waals surface area (Å²) in [5, 5.41) is 7.85. The minimum Gasteiger partial charge on any atom is -0.487 e. The van der Waals surface area contributed by atoms with Crippen molar-refractivity contribution in [2.75, 3.05) is 13.1 Å². The van der Waals surface area contributed by atoms with E-state index in [-0.39, 0.29) is 0 Å². The van der Waals surface area contributed by atoms with Gasteiger partial charge in [0.05, 0.1) is 24.5 Å². The number of nitrogens with zero attached hydrogens (tertiary/aromatic N) is 2. The SMILES string of the molecule is c1nn(C2CCNCC2)cc1OC1CCCCC1. The average molecular weight is 249 g/mol. The summed E-state index contributed by atoms with van der Waals surface area (Å²) in [6.07, 6.45) is 13.1. The van der Waals surface area contributed by atoms with Gasteiger partial charge in [-0.2, -0.15) is 5.10 Å². The highest BCUT2D eigenvalue weighted by Gasteiger charge is 2.18. The molecule has 0 amide bonds. The first-order chi connectivity index (χ1) is 8.92. The molecular weight excluding hydrogens is 226 g/mol. The maximum atomic E-state index is 6.03. The molecule has 0 bridgehead atoms. The fraction of sp³-hybridized carbons (Fsp3) is 0.786. The number of piperidine rings is 1. The molecule has 100 valence electrons. The third-order valence-corrected chi connectivity index (χ3v) is 4.12. The van der Waals surface area contributed by atoms with Crippen LogP contribution in [0, 0.1) is 0 Å². The Morgan fingerprint density at radius 2 is 1.89 bits per heavy atom. The molecule has 0 spiro atoms. The molecule has 1 saturated carbocycles. The van der Waals surface area contributed by atoms with E-state index in [4.69, 9.17) is 4.74 Å². The maximum Gasteiger partial charge on any atom is 0.157 e. The summed E-state index contributed by atoms with van der Waals surface area (Å²) >= 11 is 0. The van der Waals surface area contributed by atoms with Gasteiger partial charge >= 0.3 is 0 Å². The quantitative estimate of drug-likeness (QED) is 0.894. The lowest BCUT2D eigenvalue weighted by Gasteiger charge is -2.23. The van der Waals surface area contributed by atoms with E-state index >= 15 is 0 Å². The first-order valence-corrected chi connectivity index (χ1v) is 7.33. The Labute approximate surface area is 109 Å². The van der Waals surface area contributed by atoms with Crippen LogP contribution in [-0.4, -0.2) is 29.0 Å². The van der Waals surface area contributed by atoms with E-state index in [1.54, 1.807) is 0 Å². The van der Waals surface area contributed by atoms with Gasteiger partial charge in [-0.3, -0.25) is 4.68 Å². The summed E-state index contributed by atoms with van der Waals surface area (Å²) in [6.45, 7) is 2.20. The van der Waals surface area contributed by atoms with E-state index in [1.807, 2.05) is 6.20 Å². The van der Waals surface area contributed by atoms with Crippen LogP contribution in [0.25, 0.3) is 0 Å². The molecule has 0 unspecified atom stereocenters. The van der Waals surface area contributed by atoms with E-state index < -0.39 is 0 Å². The molecular formula is C14H23N3O. The van der Waals surface area contributed by atoms with Gasteiger partial charge in [0.2, 0.25) is 0 Å². The molecule has 1 aliphatic carbocycles. The van der Waals surface area contributed by atoms with E-state index in [2.05, 4.69) is 21.3 Å². The van der Waals surface area contributed by atoms with Gasteiger partial charge in [-0.1, -0.05) is 6.42 Å². The Hall–Kier alpha value is -1.03. The molecule has 0 atom stereocenters. The standard InChI is InChI=1S/C14H23N3O/c1-2-4-13(5-3-1)18-14-10-16-17(11-14)12-6-8-15-9-7-12/h10-13,15H,1-9H2. The molecule has 1 aromatic heterocycles. The molecule has 0 aromatic carbocycles. The van der Waals surface area contributed by atoms with Crippen LogP contribution in [0.5, 0.6) is 5.75 Å². The second kappa shape index (κ2) is 5.74. The van der Waals surface area contributed by atoms with Crippen molar-refractivity contribution in [1.82, 2.24) is 15.1 Å². The second-order valence-electron chi connectivity index (χ2n) is 5.52. The van der Waals surface area contributed by atoms with Crippen LogP contribution in [0.3, 0.4) is 0 Å². The maximum absolute atomic E-state index is 6.03. The van der Waals surface area contributed by atoms with Gasteiger partial charge in [0.15, 0.2) is 5.75 Å². The number of rotatable bonds is 3. The zero-order valence-corrected chi connectivity index (χ0v) is 11.0. The van der Waals surface area contributed by atoms with Gasteiger partial charge in [-0.25, -0.2) is 0 Å². The molecule has 1 saturated heterocycles. The van der Waals surface area contributed by atoms with Crippen molar-refractivity contribution < 1.29 is 4.74 Å². The van der Waals surface area contributed by atoms with E-state index in [9.17, 15) is 0 Å². The lowest BCUT2D eigenvalue weighted by molar-refractivity contribution is 0.154. The van der Waals surface area contributed by atoms with Gasteiger partial charge in [0.1, 0.15) is 0 Å². The Morgan fingerprint density at radius 3 is 2.67 bits per heavy atom. The molecule has 18 heavy (non-hydrogen) atoms. The summed E-state index contributed by atoms with van der Waals surface area (Å²) in [5.41, 5.74) is 0. The Bertz CT molecular complexity index is 365. The zero-order chi connectivity index (χ0) is 12.2. The van der Waals surface area contributed by atoms with E-state index in [1.165, 1.54) is 44.9 Å². The van der Waals surface area contributed by atoms with Crippen molar-refractivity contribution >= 4 is 0 Å². The van der Waals surface area contributed by atoms with Crippen molar-refractivity contribution in [3.8, 4) is 5.75 Å². The highest BCUT2D eigenvalue weighted by Crippen LogP contribution is 2.25. The van der Waals surface area contributed by atoms with Crippen LogP contribution in [-0.2, 0) is 0 Å². The summed E-state index contributed by atoms with van der Waals surface area (Å²) in [4.78, 5) is 0. The topological polar surface area (TPSA) is 39.1 Å². The molecule has 1 N–H and O–H groups in total. The molecule has 4 nitrogen and oxygen atoms in total. The highest BCUT2D eigenvalue weighted by molar-refractivity contribution is 5.13. The number of ether oxygens (including phenoxy) is 1. The monoisotopic (exact) mass is 249 g/mol. The van der Waals surface area contributed by atoms with E-state index in [0.717, 1.165) is 18.8 Å².